The fourth-order valence-electron chi connectivity index (χ4n) is 2.61. The number of carbonyl (C=O) groups excluding carboxylic acids is 3. The molecule has 0 amide bonds. The Kier molecular flexibility index (Phi) is 2.79. The topological polar surface area (TPSA) is 80.7 Å². The number of ether oxygens (including phenoxy) is 1. The molecule has 0 spiro atoms. The van der Waals surface area contributed by atoms with Crippen LogP contribution in [0.15, 0.2) is 29.3 Å². The van der Waals surface area contributed by atoms with Gasteiger partial charge in [-0.1, -0.05) is 12.1 Å². The molecule has 1 aliphatic carbocycles. The second kappa shape index (κ2) is 4.38. The summed E-state index contributed by atoms with van der Waals surface area (Å²) < 4.78 is 5.33. The van der Waals surface area contributed by atoms with Crippen LogP contribution >= 0.6 is 0 Å². The van der Waals surface area contributed by atoms with E-state index in [1.54, 1.807) is 0 Å². The van der Waals surface area contributed by atoms with Crippen molar-refractivity contribution in [1.29, 1.82) is 0 Å². The fourth-order valence-corrected chi connectivity index (χ4v) is 2.61. The number of benzene rings is 1. The van der Waals surface area contributed by atoms with Gasteiger partial charge in [0.15, 0.2) is 17.3 Å². The molecule has 1 aliphatic heterocycles. The van der Waals surface area contributed by atoms with E-state index in [-0.39, 0.29) is 52.8 Å². The lowest BCUT2D eigenvalue weighted by Crippen LogP contribution is -2.35. The molecule has 0 saturated carbocycles. The number of hydrogen-bond acceptors (Lipinski definition) is 5. The van der Waals surface area contributed by atoms with E-state index in [4.69, 9.17) is 4.74 Å². The Morgan fingerprint density at radius 1 is 1.25 bits per heavy atom. The summed E-state index contributed by atoms with van der Waals surface area (Å²) in [5.41, 5.74) is 0.806. The number of rotatable bonds is 1. The number of carbonyl (C=O) groups is 3. The highest BCUT2D eigenvalue weighted by atomic mass is 16.5. The van der Waals surface area contributed by atoms with E-state index < -0.39 is 6.10 Å². The summed E-state index contributed by atoms with van der Waals surface area (Å²) in [5, 5.41) is 9.82. The van der Waals surface area contributed by atoms with Gasteiger partial charge in [-0.25, -0.2) is 0 Å². The van der Waals surface area contributed by atoms with E-state index in [1.165, 1.54) is 25.1 Å². The van der Waals surface area contributed by atoms with Gasteiger partial charge in [0.25, 0.3) is 0 Å². The molecule has 0 radical (unpaired) electrons. The molecule has 0 fully saturated rings. The number of hydrogen-bond donors (Lipinski definition) is 1. The Hall–Kier alpha value is -2.27. The van der Waals surface area contributed by atoms with Gasteiger partial charge in [-0.05, 0) is 13.0 Å². The van der Waals surface area contributed by atoms with Crippen LogP contribution in [0.2, 0.25) is 0 Å². The number of aromatic hydroxyl groups is 1. The van der Waals surface area contributed by atoms with Crippen molar-refractivity contribution in [2.24, 2.45) is 0 Å². The van der Waals surface area contributed by atoms with E-state index in [2.05, 4.69) is 0 Å². The lowest BCUT2D eigenvalue weighted by atomic mass is 9.80. The summed E-state index contributed by atoms with van der Waals surface area (Å²) in [6.07, 6.45) is -0.610. The quantitative estimate of drug-likeness (QED) is 0.836. The highest BCUT2D eigenvalue weighted by molar-refractivity contribution is 6.28. The van der Waals surface area contributed by atoms with Crippen LogP contribution in [0.25, 0.3) is 0 Å². The first-order chi connectivity index (χ1) is 9.50. The van der Waals surface area contributed by atoms with Crippen molar-refractivity contribution in [1.82, 2.24) is 0 Å². The predicted octanol–water partition coefficient (Wildman–Crippen LogP) is 1.45. The van der Waals surface area contributed by atoms with Crippen molar-refractivity contribution in [3.05, 3.63) is 40.5 Å². The lowest BCUT2D eigenvalue weighted by Gasteiger charge is -2.28. The molecule has 5 nitrogen and oxygen atoms in total. The molecule has 1 aromatic carbocycles. The smallest absolute Gasteiger partial charge is 0.194 e. The van der Waals surface area contributed by atoms with Gasteiger partial charge in [-0.2, -0.15) is 0 Å². The van der Waals surface area contributed by atoms with Crippen molar-refractivity contribution in [3.8, 4) is 5.75 Å². The molecule has 1 unspecified atom stereocenters. The van der Waals surface area contributed by atoms with Crippen molar-refractivity contribution in [2.45, 2.75) is 19.4 Å². The maximum absolute atomic E-state index is 12.4. The van der Waals surface area contributed by atoms with Gasteiger partial charge in [0, 0.05) is 23.1 Å². The minimum atomic E-state index is -0.696. The first-order valence-electron chi connectivity index (χ1n) is 6.26. The van der Waals surface area contributed by atoms with Crippen LogP contribution in [0.4, 0.5) is 0 Å². The lowest BCUT2D eigenvalue weighted by molar-refractivity contribution is -0.128. The van der Waals surface area contributed by atoms with Gasteiger partial charge in [0.2, 0.25) is 0 Å². The minimum Gasteiger partial charge on any atom is -0.507 e. The molecule has 0 bridgehead atoms. The monoisotopic (exact) mass is 272 g/mol. The number of phenols is 1. The Balaban J connectivity index is 2.12. The van der Waals surface area contributed by atoms with Gasteiger partial charge in [-0.15, -0.1) is 0 Å². The molecular formula is C15H12O5. The van der Waals surface area contributed by atoms with E-state index >= 15 is 0 Å². The Morgan fingerprint density at radius 3 is 2.70 bits per heavy atom. The zero-order chi connectivity index (χ0) is 14.4. The third-order valence-electron chi connectivity index (χ3n) is 3.70. The van der Waals surface area contributed by atoms with E-state index in [1.807, 2.05) is 0 Å². The van der Waals surface area contributed by atoms with Crippen molar-refractivity contribution in [3.63, 3.8) is 0 Å². The third kappa shape index (κ3) is 1.71. The molecule has 102 valence electrons. The Bertz CT molecular complexity index is 684. The Morgan fingerprint density at radius 2 is 2.00 bits per heavy atom. The van der Waals surface area contributed by atoms with Gasteiger partial charge in [0.05, 0.1) is 12.2 Å². The third-order valence-corrected chi connectivity index (χ3v) is 3.70. The van der Waals surface area contributed by atoms with Crippen molar-refractivity contribution in [2.75, 3.05) is 6.61 Å². The summed E-state index contributed by atoms with van der Waals surface area (Å²) in [6.45, 7) is 1.34. The van der Waals surface area contributed by atoms with E-state index in [9.17, 15) is 19.5 Å². The zero-order valence-electron chi connectivity index (χ0n) is 10.8. The number of ketones is 3. The summed E-state index contributed by atoms with van der Waals surface area (Å²) in [6, 6.07) is 4.40. The predicted molar refractivity (Wildman–Crippen MR) is 68.8 cm³/mol. The number of Topliss-reactive ketones (excluding diaryl/α,β-unsaturated/α-hetero) is 3. The zero-order valence-corrected chi connectivity index (χ0v) is 10.8. The molecular weight excluding hydrogens is 260 g/mol. The first-order valence-corrected chi connectivity index (χ1v) is 6.26. The number of phenolic OH excluding ortho intramolecular Hbond substituents is 1. The summed E-state index contributed by atoms with van der Waals surface area (Å²) in [7, 11) is 0. The van der Waals surface area contributed by atoms with Crippen LogP contribution in [-0.2, 0) is 9.53 Å². The van der Waals surface area contributed by atoms with Gasteiger partial charge in [0.1, 0.15) is 11.9 Å². The van der Waals surface area contributed by atoms with Crippen LogP contribution < -0.4 is 0 Å². The second-order valence-electron chi connectivity index (χ2n) is 4.93. The molecule has 2 aliphatic rings. The van der Waals surface area contributed by atoms with Crippen molar-refractivity contribution >= 4 is 17.3 Å². The van der Waals surface area contributed by atoms with Gasteiger partial charge in [-0.3, -0.25) is 14.4 Å². The van der Waals surface area contributed by atoms with Crippen LogP contribution in [0.3, 0.4) is 0 Å². The average Bonchev–Trinajstić information content (AvgIpc) is 2.44. The normalized spacial score (nSPS) is 21.6. The summed E-state index contributed by atoms with van der Waals surface area (Å²) in [4.78, 5) is 36.2. The molecule has 0 saturated heterocycles. The molecule has 1 atom stereocenters. The van der Waals surface area contributed by atoms with E-state index in [0.717, 1.165) is 0 Å². The summed E-state index contributed by atoms with van der Waals surface area (Å²) >= 11 is 0. The van der Waals surface area contributed by atoms with Gasteiger partial charge >= 0.3 is 0 Å². The fraction of sp³-hybridized carbons (Fsp3) is 0.267. The van der Waals surface area contributed by atoms with Crippen LogP contribution in [0.1, 0.15) is 34.1 Å². The minimum absolute atomic E-state index is 0.0282. The highest BCUT2D eigenvalue weighted by Gasteiger charge is 2.38. The molecule has 5 heteroatoms. The summed E-state index contributed by atoms with van der Waals surface area (Å²) in [5.74, 6) is -1.09. The molecule has 0 aromatic heterocycles. The molecule has 1 N–H and O–H groups in total. The molecule has 1 aromatic rings. The first kappa shape index (κ1) is 12.7. The van der Waals surface area contributed by atoms with E-state index in [0.29, 0.717) is 5.57 Å². The van der Waals surface area contributed by atoms with Crippen LogP contribution in [-0.4, -0.2) is 35.2 Å². The van der Waals surface area contributed by atoms with Crippen LogP contribution in [0, 0.1) is 0 Å². The average molecular weight is 272 g/mol. The number of fused-ring (bicyclic) bond motifs is 1. The maximum Gasteiger partial charge on any atom is 0.194 e. The SMILES string of the molecule is CC(=O)C1CC2=C(CO1)C(=O)c1cccc(O)c1C2=O. The Labute approximate surface area is 114 Å². The van der Waals surface area contributed by atoms with Crippen molar-refractivity contribution < 1.29 is 24.2 Å². The molecule has 20 heavy (non-hydrogen) atoms. The largest absolute Gasteiger partial charge is 0.507 e. The molecule has 1 heterocycles. The maximum atomic E-state index is 12.4. The standard InChI is InChI=1S/C15H12O5/c1-7(16)12-5-9-10(6-20-12)14(18)8-3-2-4-11(17)13(8)15(9)19/h2-4,12,17H,5-6H2,1H3. The second-order valence-corrected chi connectivity index (χ2v) is 4.93. The van der Waals surface area contributed by atoms with Gasteiger partial charge < -0.3 is 9.84 Å². The van der Waals surface area contributed by atoms with Crippen LogP contribution in [0.5, 0.6) is 5.75 Å². The molecule has 3 rings (SSSR count). The highest BCUT2D eigenvalue weighted by Crippen LogP contribution is 2.36.